The molecule has 10 heteroatoms. The normalized spacial score (nSPS) is 12.4. The molecule has 5 nitrogen and oxygen atoms in total. The molecule has 0 saturated carbocycles. The van der Waals surface area contributed by atoms with E-state index < -0.39 is 18.8 Å². The average molecular weight is 439 g/mol. The van der Waals surface area contributed by atoms with Crippen LogP contribution in [0.2, 0.25) is 0 Å². The second-order valence-electron chi connectivity index (χ2n) is 4.88. The minimum atomic E-state index is -5.57. The minimum absolute atomic E-state index is 0.0210. The van der Waals surface area contributed by atoms with E-state index in [1.807, 2.05) is 0 Å². The van der Waals surface area contributed by atoms with E-state index in [2.05, 4.69) is 25.9 Å². The molecule has 0 spiro atoms. The molecular formula is C14H14BrF2N2O3PS. The van der Waals surface area contributed by atoms with Crippen molar-refractivity contribution in [1.29, 1.82) is 0 Å². The number of aryl methyl sites for hydroxylation is 1. The molecule has 0 fully saturated rings. The average Bonchev–Trinajstić information content (AvgIpc) is 2.51. The van der Waals surface area contributed by atoms with E-state index in [0.717, 1.165) is 23.8 Å². The fourth-order valence-electron chi connectivity index (χ4n) is 1.91. The van der Waals surface area contributed by atoms with Gasteiger partial charge >= 0.3 is 13.3 Å². The van der Waals surface area contributed by atoms with Gasteiger partial charge in [-0.3, -0.25) is 4.57 Å². The van der Waals surface area contributed by atoms with Gasteiger partial charge in [0.25, 0.3) is 0 Å². The van der Waals surface area contributed by atoms with E-state index in [-0.39, 0.29) is 4.47 Å². The Bertz CT molecular complexity index is 746. The third kappa shape index (κ3) is 4.83. The van der Waals surface area contributed by atoms with Crippen LogP contribution < -0.4 is 0 Å². The molecule has 0 aliphatic rings. The molecule has 1 aromatic carbocycles. The van der Waals surface area contributed by atoms with Crippen LogP contribution in [0.3, 0.4) is 0 Å². The maximum Gasteiger partial charge on any atom is 0.399 e. The molecular weight excluding hydrogens is 425 g/mol. The lowest BCUT2D eigenvalue weighted by Crippen LogP contribution is -2.14. The molecule has 2 N–H and O–H groups in total. The third-order valence-corrected chi connectivity index (χ3v) is 5.70. The van der Waals surface area contributed by atoms with Crippen LogP contribution in [-0.4, -0.2) is 25.5 Å². The second kappa shape index (κ2) is 8.01. The van der Waals surface area contributed by atoms with Crippen molar-refractivity contribution in [3.63, 3.8) is 0 Å². The summed E-state index contributed by atoms with van der Waals surface area (Å²) >= 11 is 4.47. The number of rotatable bonds is 7. The number of benzene rings is 1. The van der Waals surface area contributed by atoms with Crippen molar-refractivity contribution in [3.05, 3.63) is 52.3 Å². The summed E-state index contributed by atoms with van der Waals surface area (Å²) in [6.45, 7) is 0. The molecule has 0 saturated heterocycles. The summed E-state index contributed by atoms with van der Waals surface area (Å²) in [6.07, 6.45) is 4.74. The lowest BCUT2D eigenvalue weighted by Gasteiger charge is -2.19. The fourth-order valence-corrected chi connectivity index (χ4v) is 3.99. The zero-order valence-electron chi connectivity index (χ0n) is 12.3. The first-order chi connectivity index (χ1) is 11.2. The maximum absolute atomic E-state index is 13.7. The molecule has 0 amide bonds. The molecule has 0 atom stereocenters. The zero-order chi connectivity index (χ0) is 17.8. The van der Waals surface area contributed by atoms with E-state index in [4.69, 9.17) is 9.79 Å². The number of alkyl halides is 2. The van der Waals surface area contributed by atoms with E-state index in [0.29, 0.717) is 11.6 Å². The van der Waals surface area contributed by atoms with Crippen molar-refractivity contribution in [2.24, 2.45) is 0 Å². The van der Waals surface area contributed by atoms with Crippen LogP contribution in [0.25, 0.3) is 0 Å². The maximum atomic E-state index is 13.7. The molecule has 0 unspecified atom stereocenters. The van der Waals surface area contributed by atoms with E-state index >= 15 is 0 Å². The first-order valence-electron chi connectivity index (χ1n) is 6.84. The van der Waals surface area contributed by atoms with E-state index in [1.165, 1.54) is 23.9 Å². The number of hydrogen-bond acceptors (Lipinski definition) is 4. The van der Waals surface area contributed by atoms with Crippen molar-refractivity contribution in [2.75, 3.05) is 5.75 Å². The van der Waals surface area contributed by atoms with E-state index in [9.17, 15) is 13.3 Å². The highest BCUT2D eigenvalue weighted by molar-refractivity contribution is 9.10. The molecule has 1 aromatic heterocycles. The Kier molecular flexibility index (Phi) is 6.50. The number of hydrogen-bond donors (Lipinski definition) is 2. The summed E-state index contributed by atoms with van der Waals surface area (Å²) < 4.78 is 38.4. The van der Waals surface area contributed by atoms with Gasteiger partial charge in [-0.15, -0.1) is 0 Å². The Morgan fingerprint density at radius 2 is 1.92 bits per heavy atom. The van der Waals surface area contributed by atoms with Crippen LogP contribution in [-0.2, 0) is 16.6 Å². The highest BCUT2D eigenvalue weighted by Gasteiger charge is 2.51. The second-order valence-corrected chi connectivity index (χ2v) is 8.45. The van der Waals surface area contributed by atoms with Crippen LogP contribution in [0.1, 0.15) is 17.5 Å². The molecule has 24 heavy (non-hydrogen) atoms. The quantitative estimate of drug-likeness (QED) is 0.292. The van der Waals surface area contributed by atoms with Crippen molar-refractivity contribution in [2.45, 2.75) is 23.7 Å². The largest absolute Gasteiger partial charge is 0.399 e. The first-order valence-corrected chi connectivity index (χ1v) is 10.2. The standard InChI is InChI=1S/C14H14BrF2N2O3PS/c15-12-9-10(3-1-8-24-13-18-6-2-7-19-13)4-5-11(12)14(16,17)23(20,21)22/h2,4-7,9H,1,3,8H2,(H2,20,21,22). The molecule has 2 aromatic rings. The zero-order valence-corrected chi connectivity index (χ0v) is 15.6. The highest BCUT2D eigenvalue weighted by Crippen LogP contribution is 2.60. The van der Waals surface area contributed by atoms with Gasteiger partial charge in [0, 0.05) is 28.2 Å². The monoisotopic (exact) mass is 438 g/mol. The Labute approximate surface area is 150 Å². The molecule has 1 heterocycles. The fraction of sp³-hybridized carbons (Fsp3) is 0.286. The van der Waals surface area contributed by atoms with E-state index in [1.54, 1.807) is 18.5 Å². The summed E-state index contributed by atoms with van der Waals surface area (Å²) in [6, 6.07) is 5.69. The lowest BCUT2D eigenvalue weighted by atomic mass is 10.1. The van der Waals surface area contributed by atoms with Gasteiger partial charge < -0.3 is 9.79 Å². The van der Waals surface area contributed by atoms with Crippen LogP contribution in [0.4, 0.5) is 8.78 Å². The minimum Gasteiger partial charge on any atom is -0.320 e. The predicted octanol–water partition coefficient (Wildman–Crippen LogP) is 4.19. The van der Waals surface area contributed by atoms with Gasteiger partial charge in [-0.05, 0) is 30.5 Å². The topological polar surface area (TPSA) is 83.3 Å². The molecule has 0 aliphatic heterocycles. The van der Waals surface area contributed by atoms with Gasteiger partial charge in [0.1, 0.15) is 0 Å². The molecule has 2 rings (SSSR count). The van der Waals surface area contributed by atoms with Crippen LogP contribution in [0.15, 0.2) is 46.3 Å². The van der Waals surface area contributed by atoms with Crippen molar-refractivity contribution < 1.29 is 23.1 Å². The third-order valence-electron chi connectivity index (χ3n) is 3.11. The Hall–Kier alpha value is -0.860. The summed E-state index contributed by atoms with van der Waals surface area (Å²) in [4.78, 5) is 25.8. The molecule has 0 radical (unpaired) electrons. The van der Waals surface area contributed by atoms with Crippen LogP contribution in [0.5, 0.6) is 0 Å². The highest BCUT2D eigenvalue weighted by atomic mass is 79.9. The van der Waals surface area contributed by atoms with Gasteiger partial charge in [0.05, 0.1) is 0 Å². The van der Waals surface area contributed by atoms with Crippen LogP contribution >= 0.6 is 35.3 Å². The van der Waals surface area contributed by atoms with Crippen LogP contribution in [0, 0.1) is 0 Å². The number of thioether (sulfide) groups is 1. The Balaban J connectivity index is 1.96. The van der Waals surface area contributed by atoms with Crippen molar-refractivity contribution in [3.8, 4) is 0 Å². The number of aromatic nitrogens is 2. The smallest absolute Gasteiger partial charge is 0.320 e. The lowest BCUT2D eigenvalue weighted by molar-refractivity contribution is 0.0557. The van der Waals surface area contributed by atoms with Gasteiger partial charge in [-0.1, -0.05) is 39.8 Å². The Morgan fingerprint density at radius 1 is 1.25 bits per heavy atom. The molecule has 0 bridgehead atoms. The van der Waals surface area contributed by atoms with Crippen molar-refractivity contribution >= 4 is 35.3 Å². The molecule has 130 valence electrons. The van der Waals surface area contributed by atoms with Gasteiger partial charge in [0.15, 0.2) is 5.16 Å². The number of nitrogens with zero attached hydrogens (tertiary/aromatic N) is 2. The predicted molar refractivity (Wildman–Crippen MR) is 91.2 cm³/mol. The Morgan fingerprint density at radius 3 is 2.50 bits per heavy atom. The van der Waals surface area contributed by atoms with Gasteiger partial charge in [-0.25, -0.2) is 9.97 Å². The number of halogens is 3. The van der Waals surface area contributed by atoms with Crippen molar-refractivity contribution in [1.82, 2.24) is 9.97 Å². The van der Waals surface area contributed by atoms with Gasteiger partial charge in [-0.2, -0.15) is 8.78 Å². The summed E-state index contributed by atoms with van der Waals surface area (Å²) in [5, 5.41) is 0.676. The summed E-state index contributed by atoms with van der Waals surface area (Å²) in [5.41, 5.74) is -4.14. The summed E-state index contributed by atoms with van der Waals surface area (Å²) in [5.74, 6) is 0.766. The summed E-state index contributed by atoms with van der Waals surface area (Å²) in [7, 11) is -5.57. The first kappa shape index (κ1) is 19.5. The SMILES string of the molecule is O=P(O)(O)C(F)(F)c1ccc(CCCSc2ncccn2)cc1Br. The van der Waals surface area contributed by atoms with Gasteiger partial charge in [0.2, 0.25) is 0 Å². The molecule has 0 aliphatic carbocycles.